The van der Waals surface area contributed by atoms with Gasteiger partial charge in [0.2, 0.25) is 12.3 Å². The average Bonchev–Trinajstić information content (AvgIpc) is 2.61. The largest absolute Gasteiger partial charge is 0.464 e. The van der Waals surface area contributed by atoms with Gasteiger partial charge in [-0.2, -0.15) is 0 Å². The van der Waals surface area contributed by atoms with Gasteiger partial charge in [0.1, 0.15) is 6.04 Å². The van der Waals surface area contributed by atoms with Crippen molar-refractivity contribution in [3.63, 3.8) is 0 Å². The number of nitrogens with one attached hydrogen (secondary N) is 1. The van der Waals surface area contributed by atoms with Crippen LogP contribution in [0.3, 0.4) is 0 Å². The number of carbonyl (C=O) groups excluding carboxylic acids is 3. The molecule has 0 saturated carbocycles. The van der Waals surface area contributed by atoms with E-state index < -0.39 is 6.04 Å². The van der Waals surface area contributed by atoms with Crippen LogP contribution in [0.2, 0.25) is 0 Å². The second-order valence-electron chi connectivity index (χ2n) is 3.47. The van der Waals surface area contributed by atoms with E-state index in [1.807, 2.05) is 0 Å². The Hall–Kier alpha value is -1.59. The number of rotatable bonds is 6. The highest BCUT2D eigenvalue weighted by atomic mass is 16.5. The van der Waals surface area contributed by atoms with E-state index in [0.717, 1.165) is 0 Å². The predicted octanol–water partition coefficient (Wildman–Crippen LogP) is -0.713. The van der Waals surface area contributed by atoms with Crippen molar-refractivity contribution in [1.82, 2.24) is 10.2 Å². The van der Waals surface area contributed by atoms with Crippen LogP contribution in [0, 0.1) is 0 Å². The molecular weight excluding hydrogens is 212 g/mol. The van der Waals surface area contributed by atoms with Gasteiger partial charge in [-0.3, -0.25) is 9.59 Å². The topological polar surface area (TPSA) is 75.7 Å². The minimum Gasteiger partial charge on any atom is -0.464 e. The molecule has 1 fully saturated rings. The van der Waals surface area contributed by atoms with Crippen molar-refractivity contribution in [3.8, 4) is 0 Å². The second kappa shape index (κ2) is 6.09. The van der Waals surface area contributed by atoms with Crippen molar-refractivity contribution in [2.45, 2.75) is 25.8 Å². The minimum atomic E-state index is -0.485. The molecule has 6 heteroatoms. The monoisotopic (exact) mass is 228 g/mol. The lowest BCUT2D eigenvalue weighted by Crippen LogP contribution is -2.42. The molecule has 2 amide bonds. The lowest BCUT2D eigenvalue weighted by atomic mass is 10.2. The van der Waals surface area contributed by atoms with Crippen molar-refractivity contribution >= 4 is 18.3 Å². The zero-order valence-electron chi connectivity index (χ0n) is 9.27. The Morgan fingerprint density at radius 3 is 3.06 bits per heavy atom. The molecule has 1 saturated heterocycles. The molecule has 0 aromatic carbocycles. The number of amides is 2. The number of hydrogen-bond donors (Lipinski definition) is 1. The summed E-state index contributed by atoms with van der Waals surface area (Å²) in [4.78, 5) is 34.6. The Morgan fingerprint density at radius 1 is 1.69 bits per heavy atom. The molecule has 0 aromatic rings. The Balaban J connectivity index is 2.51. The Morgan fingerprint density at radius 2 is 2.44 bits per heavy atom. The summed E-state index contributed by atoms with van der Waals surface area (Å²) in [5.74, 6) is -0.426. The SMILES string of the molecule is CCOC(=O)C1CCC(=O)N1CCNC=O. The van der Waals surface area contributed by atoms with Gasteiger partial charge in [-0.05, 0) is 13.3 Å². The summed E-state index contributed by atoms with van der Waals surface area (Å²) >= 11 is 0. The van der Waals surface area contributed by atoms with Crippen LogP contribution in [-0.2, 0) is 19.1 Å². The Bertz CT molecular complexity index is 280. The molecule has 1 unspecified atom stereocenters. The van der Waals surface area contributed by atoms with Crippen LogP contribution in [0.1, 0.15) is 19.8 Å². The quantitative estimate of drug-likeness (QED) is 0.370. The van der Waals surface area contributed by atoms with Gasteiger partial charge >= 0.3 is 5.97 Å². The number of ether oxygens (including phenoxy) is 1. The maximum absolute atomic E-state index is 11.5. The number of nitrogens with zero attached hydrogens (tertiary/aromatic N) is 1. The molecule has 0 bridgehead atoms. The minimum absolute atomic E-state index is 0.0641. The molecule has 1 aliphatic heterocycles. The molecule has 1 rings (SSSR count). The van der Waals surface area contributed by atoms with Crippen LogP contribution in [0.15, 0.2) is 0 Å². The van der Waals surface area contributed by atoms with Gasteiger partial charge < -0.3 is 15.0 Å². The first kappa shape index (κ1) is 12.5. The van der Waals surface area contributed by atoms with E-state index in [4.69, 9.17) is 4.74 Å². The third kappa shape index (κ3) is 2.95. The van der Waals surface area contributed by atoms with Gasteiger partial charge in [0.15, 0.2) is 0 Å². The van der Waals surface area contributed by atoms with Gasteiger partial charge in [-0.1, -0.05) is 0 Å². The van der Waals surface area contributed by atoms with Gasteiger partial charge in [0.05, 0.1) is 6.61 Å². The van der Waals surface area contributed by atoms with Gasteiger partial charge in [0.25, 0.3) is 0 Å². The summed E-state index contributed by atoms with van der Waals surface area (Å²) in [5, 5.41) is 2.46. The van der Waals surface area contributed by atoms with E-state index in [1.54, 1.807) is 6.92 Å². The molecule has 1 aliphatic rings. The van der Waals surface area contributed by atoms with Crippen molar-refractivity contribution < 1.29 is 19.1 Å². The van der Waals surface area contributed by atoms with Crippen LogP contribution in [0.25, 0.3) is 0 Å². The maximum Gasteiger partial charge on any atom is 0.328 e. The molecule has 16 heavy (non-hydrogen) atoms. The third-order valence-corrected chi connectivity index (χ3v) is 2.47. The van der Waals surface area contributed by atoms with Crippen molar-refractivity contribution in [2.24, 2.45) is 0 Å². The van der Waals surface area contributed by atoms with Gasteiger partial charge in [-0.25, -0.2) is 4.79 Å². The number of likely N-dealkylation sites (tertiary alicyclic amines) is 1. The van der Waals surface area contributed by atoms with Gasteiger partial charge in [-0.15, -0.1) is 0 Å². The van der Waals surface area contributed by atoms with E-state index in [2.05, 4.69) is 5.32 Å². The first-order valence-corrected chi connectivity index (χ1v) is 5.33. The lowest BCUT2D eigenvalue weighted by molar-refractivity contribution is -0.151. The number of esters is 1. The standard InChI is InChI=1S/C10H16N2O4/c1-2-16-10(15)8-3-4-9(14)12(8)6-5-11-7-13/h7-8H,2-6H2,1H3,(H,11,13). The molecule has 6 nitrogen and oxygen atoms in total. The molecule has 0 aromatic heterocycles. The number of carbonyl (C=O) groups is 3. The van der Waals surface area contributed by atoms with Crippen LogP contribution in [-0.4, -0.2) is 48.9 Å². The van der Waals surface area contributed by atoms with Crippen LogP contribution in [0.5, 0.6) is 0 Å². The normalized spacial score (nSPS) is 19.7. The summed E-state index contributed by atoms with van der Waals surface area (Å²) < 4.78 is 4.89. The summed E-state index contributed by atoms with van der Waals surface area (Å²) in [6.45, 7) is 2.74. The maximum atomic E-state index is 11.5. The van der Waals surface area contributed by atoms with Crippen LogP contribution < -0.4 is 5.32 Å². The fourth-order valence-electron chi connectivity index (χ4n) is 1.74. The zero-order valence-corrected chi connectivity index (χ0v) is 9.27. The molecule has 1 atom stereocenters. The molecule has 0 radical (unpaired) electrons. The van der Waals surface area contributed by atoms with Gasteiger partial charge in [0, 0.05) is 19.5 Å². The molecule has 0 spiro atoms. The summed E-state index contributed by atoms with van der Waals surface area (Å²) in [7, 11) is 0. The van der Waals surface area contributed by atoms with Crippen molar-refractivity contribution in [1.29, 1.82) is 0 Å². The molecule has 1 heterocycles. The van der Waals surface area contributed by atoms with Crippen molar-refractivity contribution in [2.75, 3.05) is 19.7 Å². The van der Waals surface area contributed by atoms with E-state index in [0.29, 0.717) is 38.9 Å². The summed E-state index contributed by atoms with van der Waals surface area (Å²) in [5.41, 5.74) is 0. The second-order valence-corrected chi connectivity index (χ2v) is 3.47. The lowest BCUT2D eigenvalue weighted by Gasteiger charge is -2.22. The molecular formula is C10H16N2O4. The summed E-state index contributed by atoms with van der Waals surface area (Å²) in [6.07, 6.45) is 1.43. The fourth-order valence-corrected chi connectivity index (χ4v) is 1.74. The third-order valence-electron chi connectivity index (χ3n) is 2.47. The van der Waals surface area contributed by atoms with E-state index >= 15 is 0 Å². The first-order chi connectivity index (χ1) is 7.70. The Labute approximate surface area is 93.9 Å². The van der Waals surface area contributed by atoms with Crippen molar-refractivity contribution in [3.05, 3.63) is 0 Å². The molecule has 0 aliphatic carbocycles. The van der Waals surface area contributed by atoms with Crippen LogP contribution in [0.4, 0.5) is 0 Å². The molecule has 1 N–H and O–H groups in total. The predicted molar refractivity (Wildman–Crippen MR) is 55.4 cm³/mol. The zero-order chi connectivity index (χ0) is 12.0. The molecule has 90 valence electrons. The highest BCUT2D eigenvalue weighted by Gasteiger charge is 2.36. The van der Waals surface area contributed by atoms with Crippen LogP contribution >= 0.6 is 0 Å². The average molecular weight is 228 g/mol. The Kier molecular flexibility index (Phi) is 4.75. The van der Waals surface area contributed by atoms with E-state index in [-0.39, 0.29) is 11.9 Å². The van der Waals surface area contributed by atoms with E-state index in [9.17, 15) is 14.4 Å². The smallest absolute Gasteiger partial charge is 0.328 e. The number of hydrogen-bond acceptors (Lipinski definition) is 4. The fraction of sp³-hybridized carbons (Fsp3) is 0.700. The highest BCUT2D eigenvalue weighted by molar-refractivity contribution is 5.88. The highest BCUT2D eigenvalue weighted by Crippen LogP contribution is 2.19. The first-order valence-electron chi connectivity index (χ1n) is 5.33. The van der Waals surface area contributed by atoms with E-state index in [1.165, 1.54) is 4.90 Å². The summed E-state index contributed by atoms with van der Waals surface area (Å²) in [6, 6.07) is -0.485.